The molecule has 0 radical (unpaired) electrons. The third-order valence-electron chi connectivity index (χ3n) is 5.23. The van der Waals surface area contributed by atoms with Gasteiger partial charge in [-0.25, -0.2) is 0 Å². The Balaban J connectivity index is 4.66. The first kappa shape index (κ1) is 37.2. The summed E-state index contributed by atoms with van der Waals surface area (Å²) in [6.45, 7) is 18.9. The summed E-state index contributed by atoms with van der Waals surface area (Å²) < 4.78 is 22.8. The quantitative estimate of drug-likeness (QED) is 0.156. The molecule has 230 valence electrons. The molecule has 5 N–H and O–H groups in total. The number of amides is 3. The smallest absolute Gasteiger partial charge is 0.222 e. The van der Waals surface area contributed by atoms with Crippen LogP contribution in [0.15, 0.2) is 0 Å². The van der Waals surface area contributed by atoms with Gasteiger partial charge in [0.05, 0.1) is 50.8 Å². The molecule has 11 nitrogen and oxygen atoms in total. The van der Waals surface area contributed by atoms with E-state index in [2.05, 4.69) is 16.0 Å². The minimum atomic E-state index is -1.01. The number of ether oxygens (including phenoxy) is 4. The Morgan fingerprint density at radius 3 is 1.41 bits per heavy atom. The number of carbonyl (C=O) groups is 3. The van der Waals surface area contributed by atoms with Crippen molar-refractivity contribution in [3.63, 3.8) is 0 Å². The fourth-order valence-corrected chi connectivity index (χ4v) is 3.35. The van der Waals surface area contributed by atoms with Crippen LogP contribution >= 0.6 is 0 Å². The lowest BCUT2D eigenvalue weighted by Crippen LogP contribution is -2.53. The summed E-state index contributed by atoms with van der Waals surface area (Å²) in [6, 6.07) is 0.112. The molecule has 0 fully saturated rings. The van der Waals surface area contributed by atoms with Crippen molar-refractivity contribution in [3.05, 3.63) is 0 Å². The third kappa shape index (κ3) is 22.7. The van der Waals surface area contributed by atoms with Crippen molar-refractivity contribution in [1.82, 2.24) is 16.0 Å². The van der Waals surface area contributed by atoms with Gasteiger partial charge in [0.1, 0.15) is 0 Å². The molecule has 0 saturated carbocycles. The van der Waals surface area contributed by atoms with Crippen molar-refractivity contribution < 1.29 is 33.3 Å². The van der Waals surface area contributed by atoms with Gasteiger partial charge >= 0.3 is 0 Å². The molecule has 0 aromatic carbocycles. The summed E-state index contributed by atoms with van der Waals surface area (Å²) in [5, 5.41) is 8.64. The predicted octanol–water partition coefficient (Wildman–Crippen LogP) is 2.05. The van der Waals surface area contributed by atoms with Crippen LogP contribution in [0, 0.1) is 0 Å². The minimum absolute atomic E-state index is 0.0559. The Labute approximate surface area is 236 Å². The fourth-order valence-electron chi connectivity index (χ4n) is 3.35. The lowest BCUT2D eigenvalue weighted by molar-refractivity contribution is -0.124. The average Bonchev–Trinajstić information content (AvgIpc) is 2.75. The van der Waals surface area contributed by atoms with Crippen LogP contribution in [0.25, 0.3) is 0 Å². The van der Waals surface area contributed by atoms with E-state index in [4.69, 9.17) is 24.7 Å². The highest BCUT2D eigenvalue weighted by Crippen LogP contribution is 2.13. The highest BCUT2D eigenvalue weighted by atomic mass is 16.5. The van der Waals surface area contributed by atoms with Gasteiger partial charge < -0.3 is 40.6 Å². The molecule has 0 unspecified atom stereocenters. The zero-order valence-electron chi connectivity index (χ0n) is 25.9. The highest BCUT2D eigenvalue weighted by molar-refractivity contribution is 5.77. The molecule has 0 bridgehead atoms. The van der Waals surface area contributed by atoms with E-state index in [0.717, 1.165) is 0 Å². The Morgan fingerprint density at radius 1 is 0.667 bits per heavy atom. The molecule has 0 atom stereocenters. The van der Waals surface area contributed by atoms with E-state index in [-0.39, 0.29) is 94.3 Å². The lowest BCUT2D eigenvalue weighted by atomic mass is 10.0. The predicted molar refractivity (Wildman–Crippen MR) is 152 cm³/mol. The van der Waals surface area contributed by atoms with Gasteiger partial charge in [-0.2, -0.15) is 0 Å². The monoisotopic (exact) mass is 560 g/mol. The van der Waals surface area contributed by atoms with Gasteiger partial charge in [-0.05, 0) is 68.7 Å². The number of nitrogens with one attached hydrogen (secondary N) is 3. The third-order valence-corrected chi connectivity index (χ3v) is 5.23. The summed E-state index contributed by atoms with van der Waals surface area (Å²) >= 11 is 0. The molecule has 11 heteroatoms. The lowest BCUT2D eigenvalue weighted by Gasteiger charge is -2.30. The van der Waals surface area contributed by atoms with Gasteiger partial charge in [-0.15, -0.1) is 0 Å². The van der Waals surface area contributed by atoms with Gasteiger partial charge in [0.25, 0.3) is 0 Å². The second-order valence-corrected chi connectivity index (χ2v) is 12.4. The molecule has 39 heavy (non-hydrogen) atoms. The number of rotatable bonds is 21. The second kappa shape index (κ2) is 18.5. The number of hydrogen-bond donors (Lipinski definition) is 4. The van der Waals surface area contributed by atoms with Crippen LogP contribution in [0.5, 0.6) is 0 Å². The van der Waals surface area contributed by atoms with Crippen LogP contribution in [0.4, 0.5) is 0 Å². The number of carbonyl (C=O) groups excluding carboxylic acids is 3. The van der Waals surface area contributed by atoms with Crippen molar-refractivity contribution in [2.45, 2.75) is 117 Å². The molecular weight excluding hydrogens is 504 g/mol. The summed E-state index contributed by atoms with van der Waals surface area (Å²) in [6.07, 6.45) is 1.28. The standard InChI is InChI=1S/C28H56N4O7/c1-21(2)30-23(33)10-14-36-18-28(29,19-37-15-11-24(34)31-22(3)4)20-38-16-12-25(35)32-27(8,9)13-17-39-26(5,6)7/h21-22H,10-20,29H2,1-9H3,(H,30,33)(H,31,34)(H,32,35). The molecule has 3 amide bonds. The Hall–Kier alpha value is -1.79. The zero-order chi connectivity index (χ0) is 30.1. The average molecular weight is 561 g/mol. The van der Waals surface area contributed by atoms with E-state index < -0.39 is 11.1 Å². The Bertz CT molecular complexity index is 691. The van der Waals surface area contributed by atoms with Crippen LogP contribution < -0.4 is 21.7 Å². The molecule has 0 spiro atoms. The number of hydrogen-bond acceptors (Lipinski definition) is 8. The van der Waals surface area contributed by atoms with Gasteiger partial charge in [0.15, 0.2) is 0 Å². The maximum atomic E-state index is 12.5. The fraction of sp³-hybridized carbons (Fsp3) is 0.893. The van der Waals surface area contributed by atoms with E-state index in [1.165, 1.54) is 0 Å². The van der Waals surface area contributed by atoms with Crippen molar-refractivity contribution in [2.75, 3.05) is 46.2 Å². The minimum Gasteiger partial charge on any atom is -0.379 e. The van der Waals surface area contributed by atoms with Crippen molar-refractivity contribution in [1.29, 1.82) is 0 Å². The molecule has 0 aliphatic heterocycles. The van der Waals surface area contributed by atoms with Crippen LogP contribution in [-0.4, -0.2) is 92.7 Å². The Morgan fingerprint density at radius 2 is 1.05 bits per heavy atom. The number of nitrogens with two attached hydrogens (primary N) is 1. The largest absolute Gasteiger partial charge is 0.379 e. The zero-order valence-corrected chi connectivity index (χ0v) is 25.9. The first-order valence-electron chi connectivity index (χ1n) is 14.0. The second-order valence-electron chi connectivity index (χ2n) is 12.4. The molecule has 0 rings (SSSR count). The van der Waals surface area contributed by atoms with Gasteiger partial charge in [-0.1, -0.05) is 0 Å². The molecule has 0 aliphatic rings. The van der Waals surface area contributed by atoms with Crippen LogP contribution in [0.3, 0.4) is 0 Å². The van der Waals surface area contributed by atoms with E-state index in [1.807, 2.05) is 62.3 Å². The Kier molecular flexibility index (Phi) is 17.7. The van der Waals surface area contributed by atoms with Crippen LogP contribution in [0.1, 0.15) is 88.0 Å². The van der Waals surface area contributed by atoms with Crippen LogP contribution in [0.2, 0.25) is 0 Å². The highest BCUT2D eigenvalue weighted by Gasteiger charge is 2.27. The van der Waals surface area contributed by atoms with E-state index in [9.17, 15) is 14.4 Å². The molecule has 0 aromatic heterocycles. The molecule has 0 aliphatic carbocycles. The van der Waals surface area contributed by atoms with Gasteiger partial charge in [0.2, 0.25) is 17.7 Å². The van der Waals surface area contributed by atoms with Crippen LogP contribution in [-0.2, 0) is 33.3 Å². The maximum Gasteiger partial charge on any atom is 0.222 e. The van der Waals surface area contributed by atoms with Crippen molar-refractivity contribution in [3.8, 4) is 0 Å². The molecule has 0 saturated heterocycles. The van der Waals surface area contributed by atoms with Gasteiger partial charge in [0, 0.05) is 43.5 Å². The summed E-state index contributed by atoms with van der Waals surface area (Å²) in [5.74, 6) is -0.330. The van der Waals surface area contributed by atoms with E-state index in [0.29, 0.717) is 13.0 Å². The normalized spacial score (nSPS) is 12.6. The summed E-state index contributed by atoms with van der Waals surface area (Å²) in [5.41, 5.74) is 4.86. The van der Waals surface area contributed by atoms with E-state index in [1.54, 1.807) is 0 Å². The summed E-state index contributed by atoms with van der Waals surface area (Å²) in [7, 11) is 0. The maximum absolute atomic E-state index is 12.5. The van der Waals surface area contributed by atoms with Crippen molar-refractivity contribution in [2.24, 2.45) is 5.73 Å². The SMILES string of the molecule is CC(C)NC(=O)CCOCC(N)(COCCC(=O)NC(C)C)COCCC(=O)NC(C)(C)CCOC(C)(C)C. The first-order chi connectivity index (χ1) is 17.9. The summed E-state index contributed by atoms with van der Waals surface area (Å²) in [4.78, 5) is 36.2. The first-order valence-corrected chi connectivity index (χ1v) is 14.0. The molecular formula is C28H56N4O7. The molecule has 0 aromatic rings. The van der Waals surface area contributed by atoms with Crippen molar-refractivity contribution >= 4 is 17.7 Å². The van der Waals surface area contributed by atoms with Gasteiger partial charge in [-0.3, -0.25) is 14.4 Å². The molecule has 0 heterocycles. The topological polar surface area (TPSA) is 150 Å². The van der Waals surface area contributed by atoms with E-state index >= 15 is 0 Å².